The first-order valence-electron chi connectivity index (χ1n) is 8.17. The summed E-state index contributed by atoms with van der Waals surface area (Å²) in [5, 5.41) is 5.64. The van der Waals surface area contributed by atoms with Gasteiger partial charge in [0.25, 0.3) is 5.91 Å². The summed E-state index contributed by atoms with van der Waals surface area (Å²) in [6.07, 6.45) is 1.26. The quantitative estimate of drug-likeness (QED) is 0.693. The van der Waals surface area contributed by atoms with Gasteiger partial charge < -0.3 is 15.4 Å². The van der Waals surface area contributed by atoms with Crippen LogP contribution in [0.3, 0.4) is 0 Å². The van der Waals surface area contributed by atoms with E-state index in [4.69, 9.17) is 4.74 Å². The molecule has 132 valence electrons. The van der Waals surface area contributed by atoms with Crippen LogP contribution in [-0.2, 0) is 4.79 Å². The Hall–Kier alpha value is -2.34. The molecule has 0 aliphatic heterocycles. The van der Waals surface area contributed by atoms with E-state index < -0.39 is 0 Å². The fraction of sp³-hybridized carbons (Fsp3) is 0.263. The molecule has 0 unspecified atom stereocenters. The summed E-state index contributed by atoms with van der Waals surface area (Å²) in [6, 6.07) is 12.3. The monoisotopic (exact) mass is 404 g/mol. The maximum atomic E-state index is 12.4. The van der Waals surface area contributed by atoms with Gasteiger partial charge in [-0.2, -0.15) is 0 Å². The van der Waals surface area contributed by atoms with Crippen LogP contribution in [0.25, 0.3) is 0 Å². The Labute approximate surface area is 155 Å². The zero-order valence-corrected chi connectivity index (χ0v) is 15.9. The SMILES string of the molecule is CCCC(=O)Nc1cccc(NC(=O)c2ccc(OCC)c(Br)c2)c1. The van der Waals surface area contributed by atoms with E-state index in [0.29, 0.717) is 35.7 Å². The molecule has 25 heavy (non-hydrogen) atoms. The number of halogens is 1. The van der Waals surface area contributed by atoms with Gasteiger partial charge in [-0.25, -0.2) is 0 Å². The third kappa shape index (κ3) is 5.60. The lowest BCUT2D eigenvalue weighted by molar-refractivity contribution is -0.116. The van der Waals surface area contributed by atoms with Gasteiger partial charge in [-0.15, -0.1) is 0 Å². The lowest BCUT2D eigenvalue weighted by Crippen LogP contribution is -2.13. The molecule has 0 spiro atoms. The maximum absolute atomic E-state index is 12.4. The van der Waals surface area contributed by atoms with Crippen LogP contribution in [-0.4, -0.2) is 18.4 Å². The van der Waals surface area contributed by atoms with Gasteiger partial charge in [0.2, 0.25) is 5.91 Å². The minimum Gasteiger partial charge on any atom is -0.493 e. The first kappa shape index (κ1) is 19.0. The molecule has 2 aromatic carbocycles. The Morgan fingerprint density at radius 1 is 1.04 bits per heavy atom. The molecule has 5 nitrogen and oxygen atoms in total. The van der Waals surface area contributed by atoms with Crippen molar-refractivity contribution in [3.63, 3.8) is 0 Å². The molecule has 0 aliphatic carbocycles. The third-order valence-electron chi connectivity index (χ3n) is 3.38. The van der Waals surface area contributed by atoms with Crippen LogP contribution >= 0.6 is 15.9 Å². The van der Waals surface area contributed by atoms with Crippen molar-refractivity contribution >= 4 is 39.1 Å². The zero-order valence-electron chi connectivity index (χ0n) is 14.3. The average Bonchev–Trinajstić information content (AvgIpc) is 2.57. The van der Waals surface area contributed by atoms with Crippen molar-refractivity contribution in [2.75, 3.05) is 17.2 Å². The van der Waals surface area contributed by atoms with E-state index >= 15 is 0 Å². The molecular formula is C19H21BrN2O3. The molecule has 0 fully saturated rings. The predicted molar refractivity (Wildman–Crippen MR) is 103 cm³/mol. The van der Waals surface area contributed by atoms with Gasteiger partial charge in [-0.3, -0.25) is 9.59 Å². The van der Waals surface area contributed by atoms with Crippen LogP contribution in [0.2, 0.25) is 0 Å². The minimum absolute atomic E-state index is 0.0404. The Balaban J connectivity index is 2.07. The highest BCUT2D eigenvalue weighted by molar-refractivity contribution is 9.10. The highest BCUT2D eigenvalue weighted by Crippen LogP contribution is 2.26. The number of hydrogen-bond acceptors (Lipinski definition) is 3. The van der Waals surface area contributed by atoms with Crippen molar-refractivity contribution in [1.29, 1.82) is 0 Å². The topological polar surface area (TPSA) is 67.4 Å². The first-order valence-corrected chi connectivity index (χ1v) is 8.96. The van der Waals surface area contributed by atoms with Crippen molar-refractivity contribution in [3.05, 3.63) is 52.5 Å². The summed E-state index contributed by atoms with van der Waals surface area (Å²) in [6.45, 7) is 4.41. The molecule has 0 aliphatic rings. The second-order valence-corrected chi connectivity index (χ2v) is 6.27. The fourth-order valence-corrected chi connectivity index (χ4v) is 2.74. The molecule has 0 atom stereocenters. The Morgan fingerprint density at radius 3 is 2.40 bits per heavy atom. The van der Waals surface area contributed by atoms with Gasteiger partial charge in [0.1, 0.15) is 5.75 Å². The average molecular weight is 405 g/mol. The normalized spacial score (nSPS) is 10.2. The van der Waals surface area contributed by atoms with Crippen molar-refractivity contribution in [2.45, 2.75) is 26.7 Å². The summed E-state index contributed by atoms with van der Waals surface area (Å²) in [7, 11) is 0. The highest BCUT2D eigenvalue weighted by Gasteiger charge is 2.10. The molecule has 0 heterocycles. The van der Waals surface area contributed by atoms with E-state index in [1.165, 1.54) is 0 Å². The molecule has 0 saturated heterocycles. The predicted octanol–water partition coefficient (Wildman–Crippen LogP) is 4.84. The molecule has 2 amide bonds. The van der Waals surface area contributed by atoms with E-state index in [9.17, 15) is 9.59 Å². The summed E-state index contributed by atoms with van der Waals surface area (Å²) >= 11 is 3.40. The molecule has 6 heteroatoms. The third-order valence-corrected chi connectivity index (χ3v) is 3.99. The molecule has 0 bridgehead atoms. The Bertz CT molecular complexity index is 762. The summed E-state index contributed by atoms with van der Waals surface area (Å²) < 4.78 is 6.17. The number of benzene rings is 2. The van der Waals surface area contributed by atoms with Crippen LogP contribution in [0.5, 0.6) is 5.75 Å². The Morgan fingerprint density at radius 2 is 1.76 bits per heavy atom. The summed E-state index contributed by atoms with van der Waals surface area (Å²) in [4.78, 5) is 24.1. The van der Waals surface area contributed by atoms with E-state index in [-0.39, 0.29) is 11.8 Å². The Kier molecular flexibility index (Phi) is 7.01. The first-order chi connectivity index (χ1) is 12.0. The van der Waals surface area contributed by atoms with E-state index in [2.05, 4.69) is 26.6 Å². The van der Waals surface area contributed by atoms with Crippen molar-refractivity contribution in [2.24, 2.45) is 0 Å². The van der Waals surface area contributed by atoms with Crippen molar-refractivity contribution in [3.8, 4) is 5.75 Å². The van der Waals surface area contributed by atoms with Gasteiger partial charge in [-0.1, -0.05) is 13.0 Å². The van der Waals surface area contributed by atoms with Crippen LogP contribution in [0.1, 0.15) is 37.0 Å². The van der Waals surface area contributed by atoms with Crippen LogP contribution in [0, 0.1) is 0 Å². The summed E-state index contributed by atoms with van der Waals surface area (Å²) in [5.74, 6) is 0.418. The molecular weight excluding hydrogens is 384 g/mol. The molecule has 2 rings (SSSR count). The largest absolute Gasteiger partial charge is 0.493 e. The van der Waals surface area contributed by atoms with E-state index in [0.717, 1.165) is 10.9 Å². The highest BCUT2D eigenvalue weighted by atomic mass is 79.9. The fourth-order valence-electron chi connectivity index (χ4n) is 2.24. The van der Waals surface area contributed by atoms with Crippen LogP contribution in [0.4, 0.5) is 11.4 Å². The standard InChI is InChI=1S/C19H21BrN2O3/c1-3-6-18(23)21-14-7-5-8-15(12-14)22-19(24)13-9-10-17(25-4-2)16(20)11-13/h5,7-12H,3-4,6H2,1-2H3,(H,21,23)(H,22,24). The number of carbonyl (C=O) groups excluding carboxylic acids is 2. The number of nitrogens with one attached hydrogen (secondary N) is 2. The number of ether oxygens (including phenoxy) is 1. The van der Waals surface area contributed by atoms with Crippen LogP contribution < -0.4 is 15.4 Å². The maximum Gasteiger partial charge on any atom is 0.255 e. The van der Waals surface area contributed by atoms with Gasteiger partial charge >= 0.3 is 0 Å². The van der Waals surface area contributed by atoms with Crippen molar-refractivity contribution in [1.82, 2.24) is 0 Å². The molecule has 0 radical (unpaired) electrons. The minimum atomic E-state index is -0.235. The van der Waals surface area contributed by atoms with Gasteiger partial charge in [0, 0.05) is 23.4 Å². The zero-order chi connectivity index (χ0) is 18.2. The lowest BCUT2D eigenvalue weighted by atomic mass is 10.2. The van der Waals surface area contributed by atoms with Gasteiger partial charge in [0.15, 0.2) is 0 Å². The van der Waals surface area contributed by atoms with Crippen LogP contribution in [0.15, 0.2) is 46.9 Å². The molecule has 2 N–H and O–H groups in total. The number of amides is 2. The van der Waals surface area contributed by atoms with E-state index in [1.807, 2.05) is 13.8 Å². The number of hydrogen-bond donors (Lipinski definition) is 2. The molecule has 0 saturated carbocycles. The number of anilines is 2. The van der Waals surface area contributed by atoms with E-state index in [1.54, 1.807) is 42.5 Å². The lowest BCUT2D eigenvalue weighted by Gasteiger charge is -2.10. The number of rotatable bonds is 7. The second-order valence-electron chi connectivity index (χ2n) is 5.41. The second kappa shape index (κ2) is 9.22. The number of carbonyl (C=O) groups is 2. The molecule has 0 aromatic heterocycles. The van der Waals surface area contributed by atoms with Gasteiger partial charge in [0.05, 0.1) is 11.1 Å². The smallest absolute Gasteiger partial charge is 0.255 e. The summed E-state index contributed by atoms with van der Waals surface area (Å²) in [5.41, 5.74) is 1.78. The van der Waals surface area contributed by atoms with Gasteiger partial charge in [-0.05, 0) is 65.7 Å². The molecule has 2 aromatic rings. The van der Waals surface area contributed by atoms with Crippen molar-refractivity contribution < 1.29 is 14.3 Å².